The molecule has 1 aliphatic rings. The molecule has 28 heavy (non-hydrogen) atoms. The van der Waals surface area contributed by atoms with Crippen LogP contribution >= 0.6 is 11.6 Å². The summed E-state index contributed by atoms with van der Waals surface area (Å²) in [6.45, 7) is 0.432. The van der Waals surface area contributed by atoms with Gasteiger partial charge in [-0.25, -0.2) is 4.68 Å². The Morgan fingerprint density at radius 1 is 1.14 bits per heavy atom. The van der Waals surface area contributed by atoms with E-state index in [1.165, 1.54) is 7.11 Å². The molecule has 0 radical (unpaired) electrons. The van der Waals surface area contributed by atoms with Gasteiger partial charge < -0.3 is 9.64 Å². The van der Waals surface area contributed by atoms with Gasteiger partial charge in [0.2, 0.25) is 0 Å². The Balaban J connectivity index is 1.63. The molecule has 1 atom stereocenters. The number of aromatic nitrogens is 2. The average molecular weight is 396 g/mol. The monoisotopic (exact) mass is 395 g/mol. The molecule has 142 valence electrons. The van der Waals surface area contributed by atoms with Crippen LogP contribution in [0.25, 0.3) is 5.69 Å². The van der Waals surface area contributed by atoms with Crippen LogP contribution in [0.15, 0.2) is 60.9 Å². The second-order valence-electron chi connectivity index (χ2n) is 6.53. The van der Waals surface area contributed by atoms with Gasteiger partial charge in [0.05, 0.1) is 30.5 Å². The molecule has 2 aromatic carbocycles. The first-order valence-electron chi connectivity index (χ1n) is 8.87. The normalized spacial score (nSPS) is 15.8. The molecule has 3 aromatic rings. The smallest absolute Gasteiger partial charge is 0.313 e. The third kappa shape index (κ3) is 3.27. The number of carbonyl (C=O) groups excluding carboxylic acids is 2. The Morgan fingerprint density at radius 3 is 2.64 bits per heavy atom. The van der Waals surface area contributed by atoms with Crippen molar-refractivity contribution in [1.29, 1.82) is 0 Å². The quantitative estimate of drug-likeness (QED) is 0.632. The van der Waals surface area contributed by atoms with E-state index in [1.54, 1.807) is 34.1 Å². The van der Waals surface area contributed by atoms with Gasteiger partial charge >= 0.3 is 5.97 Å². The first-order chi connectivity index (χ1) is 13.6. The van der Waals surface area contributed by atoms with Gasteiger partial charge in [0.15, 0.2) is 0 Å². The van der Waals surface area contributed by atoms with Crippen molar-refractivity contribution in [3.63, 3.8) is 0 Å². The maximum absolute atomic E-state index is 13.1. The van der Waals surface area contributed by atoms with Crippen LogP contribution in [0.3, 0.4) is 0 Å². The summed E-state index contributed by atoms with van der Waals surface area (Å²) in [6.07, 6.45) is 3.76. The number of hydrogen-bond donors (Lipinski definition) is 0. The van der Waals surface area contributed by atoms with E-state index < -0.39 is 0 Å². The second-order valence-corrected chi connectivity index (χ2v) is 6.97. The minimum absolute atomic E-state index is 0.157. The van der Waals surface area contributed by atoms with E-state index >= 15 is 0 Å². The number of ether oxygens (including phenoxy) is 1. The van der Waals surface area contributed by atoms with Gasteiger partial charge in [-0.15, -0.1) is 0 Å². The van der Waals surface area contributed by atoms with Crippen molar-refractivity contribution in [2.75, 3.05) is 18.6 Å². The molecular formula is C21H18ClN3O3. The van der Waals surface area contributed by atoms with Crippen molar-refractivity contribution in [1.82, 2.24) is 9.78 Å². The lowest BCUT2D eigenvalue weighted by Crippen LogP contribution is -2.38. The van der Waals surface area contributed by atoms with Crippen molar-refractivity contribution in [3.05, 3.63) is 77.1 Å². The summed E-state index contributed by atoms with van der Waals surface area (Å²) < 4.78 is 6.56. The van der Waals surface area contributed by atoms with E-state index in [9.17, 15) is 9.59 Å². The minimum atomic E-state index is -0.359. The highest BCUT2D eigenvalue weighted by atomic mass is 35.5. The lowest BCUT2D eigenvalue weighted by Gasteiger charge is -2.32. The number of benzene rings is 2. The molecule has 1 amide bonds. The summed E-state index contributed by atoms with van der Waals surface area (Å²) in [5.74, 6) is -0.798. The van der Waals surface area contributed by atoms with E-state index in [-0.39, 0.29) is 17.8 Å². The Bertz CT molecular complexity index is 1030. The van der Waals surface area contributed by atoms with E-state index in [0.717, 1.165) is 16.9 Å². The molecule has 0 aliphatic carbocycles. The number of halogens is 1. The predicted molar refractivity (Wildman–Crippen MR) is 106 cm³/mol. The van der Waals surface area contributed by atoms with Crippen LogP contribution in [0, 0.1) is 0 Å². The molecule has 0 N–H and O–H groups in total. The Kier molecular flexibility index (Phi) is 4.88. The minimum Gasteiger partial charge on any atom is -0.469 e. The van der Waals surface area contributed by atoms with Crippen molar-refractivity contribution in [3.8, 4) is 5.69 Å². The maximum atomic E-state index is 13.1. The van der Waals surface area contributed by atoms with Crippen molar-refractivity contribution in [2.24, 2.45) is 0 Å². The number of nitrogens with zero attached hydrogens (tertiary/aromatic N) is 3. The first kappa shape index (κ1) is 18.3. The standard InChI is InChI=1S/C21H18ClN3O3/c1-28-21(27)18-10-11-24(19-5-3-2-4-17(18)19)20(26)14-12-23-25(13-14)16-8-6-15(22)7-9-16/h2-9,12-13,18H,10-11H2,1H3. The third-order valence-corrected chi connectivity index (χ3v) is 5.15. The van der Waals surface area contributed by atoms with Crippen LogP contribution < -0.4 is 4.90 Å². The zero-order valence-electron chi connectivity index (χ0n) is 15.2. The van der Waals surface area contributed by atoms with E-state index in [1.807, 2.05) is 36.4 Å². The Morgan fingerprint density at radius 2 is 1.89 bits per heavy atom. The molecule has 0 saturated carbocycles. The van der Waals surface area contributed by atoms with Gasteiger partial charge in [0.25, 0.3) is 5.91 Å². The van der Waals surface area contributed by atoms with Crippen molar-refractivity contribution < 1.29 is 14.3 Å². The summed E-state index contributed by atoms with van der Waals surface area (Å²) in [6, 6.07) is 14.7. The molecule has 2 heterocycles. The van der Waals surface area contributed by atoms with Gasteiger partial charge in [0, 0.05) is 23.5 Å². The molecule has 6 nitrogen and oxygen atoms in total. The van der Waals surface area contributed by atoms with Gasteiger partial charge in [-0.3, -0.25) is 9.59 Å². The number of amides is 1. The predicted octanol–water partition coefficient (Wildman–Crippen LogP) is 3.83. The topological polar surface area (TPSA) is 64.4 Å². The summed E-state index contributed by atoms with van der Waals surface area (Å²) >= 11 is 5.93. The van der Waals surface area contributed by atoms with Gasteiger partial charge in [-0.2, -0.15) is 5.10 Å². The molecule has 0 spiro atoms. The van der Waals surface area contributed by atoms with Gasteiger partial charge in [-0.05, 0) is 42.3 Å². The zero-order valence-corrected chi connectivity index (χ0v) is 16.0. The van der Waals surface area contributed by atoms with Crippen LogP contribution in [-0.2, 0) is 9.53 Å². The number of hydrogen-bond acceptors (Lipinski definition) is 4. The molecule has 4 rings (SSSR count). The Hall–Kier alpha value is -3.12. The van der Waals surface area contributed by atoms with Crippen LogP contribution in [0.1, 0.15) is 28.3 Å². The maximum Gasteiger partial charge on any atom is 0.313 e. The summed E-state index contributed by atoms with van der Waals surface area (Å²) in [5.41, 5.74) is 2.82. The zero-order chi connectivity index (χ0) is 19.7. The van der Waals surface area contributed by atoms with Crippen LogP contribution in [0.5, 0.6) is 0 Å². The van der Waals surface area contributed by atoms with Gasteiger partial charge in [0.1, 0.15) is 0 Å². The second kappa shape index (κ2) is 7.48. The molecule has 7 heteroatoms. The Labute approximate surface area is 167 Å². The number of rotatable bonds is 3. The highest BCUT2D eigenvalue weighted by molar-refractivity contribution is 6.30. The summed E-state index contributed by atoms with van der Waals surface area (Å²) in [5, 5.41) is 4.93. The molecule has 0 fully saturated rings. The van der Waals surface area contributed by atoms with E-state index in [4.69, 9.17) is 16.3 Å². The lowest BCUT2D eigenvalue weighted by atomic mass is 9.89. The third-order valence-electron chi connectivity index (χ3n) is 4.90. The lowest BCUT2D eigenvalue weighted by molar-refractivity contribution is -0.142. The van der Waals surface area contributed by atoms with Crippen LogP contribution in [0.2, 0.25) is 5.02 Å². The summed E-state index contributed by atoms with van der Waals surface area (Å²) in [4.78, 5) is 26.9. The molecule has 0 bridgehead atoms. The number of para-hydroxylation sites is 1. The first-order valence-corrected chi connectivity index (χ1v) is 9.25. The molecule has 1 unspecified atom stereocenters. The fraction of sp³-hybridized carbons (Fsp3) is 0.190. The van der Waals surface area contributed by atoms with Gasteiger partial charge in [-0.1, -0.05) is 29.8 Å². The molecular weight excluding hydrogens is 378 g/mol. The fourth-order valence-corrected chi connectivity index (χ4v) is 3.61. The van der Waals surface area contributed by atoms with E-state index in [0.29, 0.717) is 23.6 Å². The summed E-state index contributed by atoms with van der Waals surface area (Å²) in [7, 11) is 1.38. The highest BCUT2D eigenvalue weighted by Crippen LogP contribution is 2.36. The van der Waals surface area contributed by atoms with Crippen LogP contribution in [0.4, 0.5) is 5.69 Å². The molecule has 1 aromatic heterocycles. The molecule has 0 saturated heterocycles. The SMILES string of the molecule is COC(=O)C1CCN(C(=O)c2cnn(-c3ccc(Cl)cc3)c2)c2ccccc21. The fourth-order valence-electron chi connectivity index (χ4n) is 3.48. The molecule has 1 aliphatic heterocycles. The number of methoxy groups -OCH3 is 1. The average Bonchev–Trinajstić information content (AvgIpc) is 3.22. The van der Waals surface area contributed by atoms with Crippen molar-refractivity contribution >= 4 is 29.2 Å². The number of carbonyl (C=O) groups is 2. The number of esters is 1. The van der Waals surface area contributed by atoms with E-state index in [2.05, 4.69) is 5.10 Å². The van der Waals surface area contributed by atoms with Crippen LogP contribution in [-0.4, -0.2) is 35.3 Å². The highest BCUT2D eigenvalue weighted by Gasteiger charge is 2.33. The van der Waals surface area contributed by atoms with Crippen molar-refractivity contribution in [2.45, 2.75) is 12.3 Å². The largest absolute Gasteiger partial charge is 0.469 e. The number of fused-ring (bicyclic) bond motifs is 1. The number of anilines is 1.